The third-order valence-electron chi connectivity index (χ3n) is 3.48. The van der Waals surface area contributed by atoms with Crippen molar-refractivity contribution in [3.63, 3.8) is 0 Å². The largest absolute Gasteiger partial charge is 0.147 e. The Morgan fingerprint density at radius 1 is 1.15 bits per heavy atom. The van der Waals surface area contributed by atoms with E-state index in [0.717, 1.165) is 0 Å². The van der Waals surface area contributed by atoms with Crippen molar-refractivity contribution in [2.75, 3.05) is 0 Å². The SMILES string of the molecule is C1=CC2(CCCCC2)c2sccc21. The summed E-state index contributed by atoms with van der Waals surface area (Å²) in [5, 5.41) is 2.24. The first-order chi connectivity index (χ1) is 6.41. The summed E-state index contributed by atoms with van der Waals surface area (Å²) in [4.78, 5) is 1.65. The zero-order chi connectivity index (χ0) is 8.73. The molecule has 3 rings (SSSR count). The molecular weight excluding hydrogens is 176 g/mol. The Hall–Kier alpha value is -0.560. The minimum atomic E-state index is 0.474. The van der Waals surface area contributed by atoms with Gasteiger partial charge in [-0.3, -0.25) is 0 Å². The molecule has 0 saturated heterocycles. The van der Waals surface area contributed by atoms with Gasteiger partial charge in [0.25, 0.3) is 0 Å². The Bertz CT molecular complexity index is 340. The number of fused-ring (bicyclic) bond motifs is 2. The highest BCUT2D eigenvalue weighted by Crippen LogP contribution is 2.48. The van der Waals surface area contributed by atoms with Crippen molar-refractivity contribution in [1.29, 1.82) is 0 Å². The molecule has 0 nitrogen and oxygen atoms in total. The highest BCUT2D eigenvalue weighted by molar-refractivity contribution is 7.10. The van der Waals surface area contributed by atoms with E-state index in [9.17, 15) is 0 Å². The van der Waals surface area contributed by atoms with Gasteiger partial charge in [-0.1, -0.05) is 31.4 Å². The standard InChI is InChI=1S/C12H14S/c1-2-6-12(7-3-1)8-4-10-5-9-13-11(10)12/h4-5,8-9H,1-3,6-7H2. The molecule has 0 aromatic carbocycles. The lowest BCUT2D eigenvalue weighted by atomic mass is 9.74. The Morgan fingerprint density at radius 3 is 2.85 bits per heavy atom. The quantitative estimate of drug-likeness (QED) is 0.580. The first-order valence-corrected chi connectivity index (χ1v) is 6.06. The summed E-state index contributed by atoms with van der Waals surface area (Å²) in [6, 6.07) is 2.26. The monoisotopic (exact) mass is 190 g/mol. The van der Waals surface area contributed by atoms with E-state index in [2.05, 4.69) is 23.6 Å². The molecule has 1 spiro atoms. The molecule has 1 aromatic heterocycles. The van der Waals surface area contributed by atoms with Crippen LogP contribution in [0.5, 0.6) is 0 Å². The second kappa shape index (κ2) is 2.71. The first-order valence-electron chi connectivity index (χ1n) is 5.18. The van der Waals surface area contributed by atoms with Crippen LogP contribution in [0.2, 0.25) is 0 Å². The van der Waals surface area contributed by atoms with E-state index in [1.807, 2.05) is 11.3 Å². The molecule has 1 heteroatoms. The lowest BCUT2D eigenvalue weighted by Crippen LogP contribution is -2.23. The van der Waals surface area contributed by atoms with Gasteiger partial charge in [0.05, 0.1) is 0 Å². The molecule has 1 aromatic rings. The van der Waals surface area contributed by atoms with Gasteiger partial charge < -0.3 is 0 Å². The van der Waals surface area contributed by atoms with Crippen LogP contribution in [0.25, 0.3) is 6.08 Å². The first kappa shape index (κ1) is 7.81. The normalized spacial score (nSPS) is 23.7. The predicted molar refractivity (Wildman–Crippen MR) is 58.1 cm³/mol. The van der Waals surface area contributed by atoms with Gasteiger partial charge in [0.2, 0.25) is 0 Å². The third kappa shape index (κ3) is 1.03. The van der Waals surface area contributed by atoms with Crippen LogP contribution >= 0.6 is 11.3 Å². The molecule has 2 aliphatic carbocycles. The van der Waals surface area contributed by atoms with E-state index in [-0.39, 0.29) is 0 Å². The lowest BCUT2D eigenvalue weighted by Gasteiger charge is -2.31. The van der Waals surface area contributed by atoms with Gasteiger partial charge >= 0.3 is 0 Å². The van der Waals surface area contributed by atoms with E-state index in [4.69, 9.17) is 0 Å². The molecule has 0 unspecified atom stereocenters. The molecule has 2 aliphatic rings. The van der Waals surface area contributed by atoms with Gasteiger partial charge in [-0.2, -0.15) is 0 Å². The van der Waals surface area contributed by atoms with Gasteiger partial charge in [0.15, 0.2) is 0 Å². The highest BCUT2D eigenvalue weighted by atomic mass is 32.1. The number of thiophene rings is 1. The molecule has 0 bridgehead atoms. The molecule has 1 heterocycles. The van der Waals surface area contributed by atoms with Crippen molar-refractivity contribution in [2.45, 2.75) is 37.5 Å². The maximum Gasteiger partial charge on any atom is 0.0235 e. The van der Waals surface area contributed by atoms with E-state index in [1.165, 1.54) is 37.7 Å². The summed E-state index contributed by atoms with van der Waals surface area (Å²) >= 11 is 1.95. The fraction of sp³-hybridized carbons (Fsp3) is 0.500. The van der Waals surface area contributed by atoms with Crippen molar-refractivity contribution < 1.29 is 0 Å². The zero-order valence-electron chi connectivity index (χ0n) is 7.75. The van der Waals surface area contributed by atoms with Crippen LogP contribution in [0.3, 0.4) is 0 Å². The minimum Gasteiger partial charge on any atom is -0.147 e. The van der Waals surface area contributed by atoms with Gasteiger partial charge in [-0.15, -0.1) is 11.3 Å². The van der Waals surface area contributed by atoms with Gasteiger partial charge in [-0.25, -0.2) is 0 Å². The van der Waals surface area contributed by atoms with Gasteiger partial charge in [-0.05, 0) is 29.9 Å². The van der Waals surface area contributed by atoms with Crippen LogP contribution in [0, 0.1) is 0 Å². The Balaban J connectivity index is 2.05. The van der Waals surface area contributed by atoms with Crippen LogP contribution in [0.4, 0.5) is 0 Å². The van der Waals surface area contributed by atoms with Crippen LogP contribution in [0.1, 0.15) is 42.5 Å². The van der Waals surface area contributed by atoms with Crippen LogP contribution in [0.15, 0.2) is 17.5 Å². The molecule has 0 radical (unpaired) electrons. The average Bonchev–Trinajstić information content (AvgIpc) is 2.73. The summed E-state index contributed by atoms with van der Waals surface area (Å²) in [6.07, 6.45) is 11.8. The molecular formula is C12H14S. The van der Waals surface area contributed by atoms with Gasteiger partial charge in [0, 0.05) is 10.3 Å². The maximum absolute atomic E-state index is 2.47. The Labute approximate surface area is 83.3 Å². The van der Waals surface area contributed by atoms with Crippen LogP contribution < -0.4 is 0 Å². The number of hydrogen-bond acceptors (Lipinski definition) is 1. The molecule has 0 atom stereocenters. The number of allylic oxidation sites excluding steroid dienone is 1. The second-order valence-corrected chi connectivity index (χ2v) is 5.17. The number of hydrogen-bond donors (Lipinski definition) is 0. The fourth-order valence-corrected chi connectivity index (χ4v) is 3.89. The van der Waals surface area contributed by atoms with Crippen molar-refractivity contribution in [1.82, 2.24) is 0 Å². The van der Waals surface area contributed by atoms with E-state index < -0.39 is 0 Å². The summed E-state index contributed by atoms with van der Waals surface area (Å²) < 4.78 is 0. The van der Waals surface area contributed by atoms with Crippen molar-refractivity contribution in [3.8, 4) is 0 Å². The topological polar surface area (TPSA) is 0 Å². The zero-order valence-corrected chi connectivity index (χ0v) is 8.57. The van der Waals surface area contributed by atoms with E-state index >= 15 is 0 Å². The smallest absolute Gasteiger partial charge is 0.0235 e. The lowest BCUT2D eigenvalue weighted by molar-refractivity contribution is 0.367. The summed E-state index contributed by atoms with van der Waals surface area (Å²) in [5.74, 6) is 0. The molecule has 0 amide bonds. The van der Waals surface area contributed by atoms with Crippen LogP contribution in [-0.4, -0.2) is 0 Å². The second-order valence-electron chi connectivity index (χ2n) is 4.26. The van der Waals surface area contributed by atoms with Gasteiger partial charge in [0.1, 0.15) is 0 Å². The third-order valence-corrected chi connectivity index (χ3v) is 4.63. The summed E-state index contributed by atoms with van der Waals surface area (Å²) in [6.45, 7) is 0. The van der Waals surface area contributed by atoms with Crippen molar-refractivity contribution in [3.05, 3.63) is 28.0 Å². The molecule has 13 heavy (non-hydrogen) atoms. The predicted octanol–water partition coefficient (Wildman–Crippen LogP) is 3.98. The van der Waals surface area contributed by atoms with Crippen molar-refractivity contribution >= 4 is 17.4 Å². The average molecular weight is 190 g/mol. The Morgan fingerprint density at radius 2 is 2.00 bits per heavy atom. The fourth-order valence-electron chi connectivity index (χ4n) is 2.76. The summed E-state index contributed by atoms with van der Waals surface area (Å²) in [7, 11) is 0. The molecule has 1 fully saturated rings. The number of rotatable bonds is 0. The van der Waals surface area contributed by atoms with Crippen molar-refractivity contribution in [2.24, 2.45) is 0 Å². The molecule has 0 aliphatic heterocycles. The molecule has 1 saturated carbocycles. The van der Waals surface area contributed by atoms with Crippen LogP contribution in [-0.2, 0) is 5.41 Å². The Kier molecular flexibility index (Phi) is 1.63. The molecule has 0 N–H and O–H groups in total. The highest BCUT2D eigenvalue weighted by Gasteiger charge is 2.36. The molecule has 68 valence electrons. The summed E-state index contributed by atoms with van der Waals surface area (Å²) in [5.41, 5.74) is 1.97. The van der Waals surface area contributed by atoms with E-state index in [0.29, 0.717) is 5.41 Å². The minimum absolute atomic E-state index is 0.474. The maximum atomic E-state index is 2.47. The van der Waals surface area contributed by atoms with E-state index in [1.54, 1.807) is 4.88 Å².